The molecule has 0 saturated carbocycles. The van der Waals surface area contributed by atoms with E-state index in [9.17, 15) is 4.79 Å². The molecule has 0 spiro atoms. The second kappa shape index (κ2) is 7.80. The molecule has 1 aromatic heterocycles. The summed E-state index contributed by atoms with van der Waals surface area (Å²) in [5.74, 6) is 0.905. The van der Waals surface area contributed by atoms with Gasteiger partial charge in [0.15, 0.2) is 0 Å². The third-order valence-corrected chi connectivity index (χ3v) is 5.70. The molecule has 0 unspecified atom stereocenters. The van der Waals surface area contributed by atoms with Crippen LogP contribution in [0.25, 0.3) is 16.3 Å². The molecule has 2 heterocycles. The SMILES string of the molecule is COc1ccccc1N1CCN(C(=O)/C=C/c2nc3ccccc3s2)CC1. The molecule has 138 valence electrons. The molecule has 3 aromatic rings. The number of nitrogens with zero attached hydrogens (tertiary/aromatic N) is 3. The second-order valence-electron chi connectivity index (χ2n) is 6.34. The molecule has 1 aliphatic rings. The van der Waals surface area contributed by atoms with E-state index in [1.165, 1.54) is 0 Å². The van der Waals surface area contributed by atoms with Gasteiger partial charge in [0.05, 0.1) is 23.0 Å². The summed E-state index contributed by atoms with van der Waals surface area (Å²) in [6, 6.07) is 16.0. The molecular formula is C21H21N3O2S. The molecule has 1 fully saturated rings. The van der Waals surface area contributed by atoms with Crippen LogP contribution in [0.1, 0.15) is 5.01 Å². The number of methoxy groups -OCH3 is 1. The Bertz CT molecular complexity index is 941. The van der Waals surface area contributed by atoms with Crippen LogP contribution in [0.2, 0.25) is 0 Å². The van der Waals surface area contributed by atoms with Gasteiger partial charge >= 0.3 is 0 Å². The topological polar surface area (TPSA) is 45.7 Å². The number of thiazole rings is 1. The van der Waals surface area contributed by atoms with Crippen molar-refractivity contribution in [3.63, 3.8) is 0 Å². The van der Waals surface area contributed by atoms with Gasteiger partial charge in [0, 0.05) is 32.3 Å². The highest BCUT2D eigenvalue weighted by Gasteiger charge is 2.21. The lowest BCUT2D eigenvalue weighted by atomic mass is 10.2. The molecule has 0 aliphatic carbocycles. The van der Waals surface area contributed by atoms with Crippen molar-refractivity contribution in [1.82, 2.24) is 9.88 Å². The Morgan fingerprint density at radius 1 is 1.07 bits per heavy atom. The van der Waals surface area contributed by atoms with Gasteiger partial charge in [-0.25, -0.2) is 4.98 Å². The molecule has 1 aliphatic heterocycles. The van der Waals surface area contributed by atoms with Crippen molar-refractivity contribution in [2.75, 3.05) is 38.2 Å². The van der Waals surface area contributed by atoms with Crippen LogP contribution in [0.4, 0.5) is 5.69 Å². The van der Waals surface area contributed by atoms with Crippen molar-refractivity contribution in [2.24, 2.45) is 0 Å². The average Bonchev–Trinajstić information content (AvgIpc) is 3.15. The van der Waals surface area contributed by atoms with Crippen molar-refractivity contribution in [3.8, 4) is 5.75 Å². The fraction of sp³-hybridized carbons (Fsp3) is 0.238. The van der Waals surface area contributed by atoms with Gasteiger partial charge in [-0.3, -0.25) is 4.79 Å². The molecule has 4 rings (SSSR count). The summed E-state index contributed by atoms with van der Waals surface area (Å²) >= 11 is 1.60. The van der Waals surface area contributed by atoms with Crippen LogP contribution in [-0.4, -0.2) is 49.1 Å². The Hall–Kier alpha value is -2.86. The molecule has 1 saturated heterocycles. The van der Waals surface area contributed by atoms with Gasteiger partial charge in [-0.05, 0) is 30.3 Å². The zero-order valence-corrected chi connectivity index (χ0v) is 16.0. The Morgan fingerprint density at radius 3 is 2.59 bits per heavy atom. The first-order chi connectivity index (χ1) is 13.2. The van der Waals surface area contributed by atoms with Crippen molar-refractivity contribution in [1.29, 1.82) is 0 Å². The van der Waals surface area contributed by atoms with Crippen LogP contribution < -0.4 is 9.64 Å². The largest absolute Gasteiger partial charge is 0.495 e. The summed E-state index contributed by atoms with van der Waals surface area (Å²) in [6.45, 7) is 2.98. The molecule has 1 amide bonds. The van der Waals surface area contributed by atoms with E-state index < -0.39 is 0 Å². The van der Waals surface area contributed by atoms with Crippen LogP contribution in [0.15, 0.2) is 54.6 Å². The first kappa shape index (κ1) is 17.5. The smallest absolute Gasteiger partial charge is 0.246 e. The number of hydrogen-bond donors (Lipinski definition) is 0. The van der Waals surface area contributed by atoms with Crippen molar-refractivity contribution in [3.05, 3.63) is 59.6 Å². The Kier molecular flexibility index (Phi) is 5.07. The predicted molar refractivity (Wildman–Crippen MR) is 110 cm³/mol. The monoisotopic (exact) mass is 379 g/mol. The molecule has 0 N–H and O–H groups in total. The number of hydrogen-bond acceptors (Lipinski definition) is 5. The van der Waals surface area contributed by atoms with E-state index in [0.717, 1.165) is 39.8 Å². The summed E-state index contributed by atoms with van der Waals surface area (Å²) in [7, 11) is 1.69. The number of ether oxygens (including phenoxy) is 1. The normalized spacial score (nSPS) is 14.9. The average molecular weight is 379 g/mol. The number of rotatable bonds is 4. The minimum Gasteiger partial charge on any atom is -0.495 e. The molecule has 0 bridgehead atoms. The maximum atomic E-state index is 12.5. The fourth-order valence-electron chi connectivity index (χ4n) is 3.27. The lowest BCUT2D eigenvalue weighted by Crippen LogP contribution is -2.48. The fourth-order valence-corrected chi connectivity index (χ4v) is 4.14. The van der Waals surface area contributed by atoms with Gasteiger partial charge in [0.25, 0.3) is 0 Å². The number of para-hydroxylation sites is 3. The van der Waals surface area contributed by atoms with Crippen LogP contribution in [-0.2, 0) is 4.79 Å². The zero-order chi connectivity index (χ0) is 18.6. The summed E-state index contributed by atoms with van der Waals surface area (Å²) in [5, 5.41) is 0.859. The van der Waals surface area contributed by atoms with Crippen LogP contribution >= 0.6 is 11.3 Å². The van der Waals surface area contributed by atoms with Gasteiger partial charge < -0.3 is 14.5 Å². The number of amides is 1. The first-order valence-electron chi connectivity index (χ1n) is 8.95. The number of carbonyl (C=O) groups is 1. The minimum absolute atomic E-state index is 0.0360. The van der Waals surface area contributed by atoms with E-state index >= 15 is 0 Å². The maximum Gasteiger partial charge on any atom is 0.246 e. The van der Waals surface area contributed by atoms with Gasteiger partial charge in [-0.2, -0.15) is 0 Å². The minimum atomic E-state index is 0.0360. The van der Waals surface area contributed by atoms with Crippen LogP contribution in [0.3, 0.4) is 0 Å². The summed E-state index contributed by atoms with van der Waals surface area (Å²) in [6.07, 6.45) is 3.45. The standard InChI is InChI=1S/C21H21N3O2S/c1-26-18-8-4-3-7-17(18)23-12-14-24(15-13-23)21(25)11-10-20-22-16-6-2-5-9-19(16)27-20/h2-11H,12-15H2,1H3/b11-10+. The molecule has 5 nitrogen and oxygen atoms in total. The van der Waals surface area contributed by atoms with E-state index in [1.807, 2.05) is 53.4 Å². The van der Waals surface area contributed by atoms with Crippen LogP contribution in [0.5, 0.6) is 5.75 Å². The molecule has 0 radical (unpaired) electrons. The van der Waals surface area contributed by atoms with Gasteiger partial charge in [-0.1, -0.05) is 24.3 Å². The Balaban J connectivity index is 1.38. The first-order valence-corrected chi connectivity index (χ1v) is 9.77. The van der Waals surface area contributed by atoms with Gasteiger partial charge in [0.1, 0.15) is 10.8 Å². The molecule has 0 atom stereocenters. The summed E-state index contributed by atoms with van der Waals surface area (Å²) < 4.78 is 6.58. The van der Waals surface area contributed by atoms with Crippen LogP contribution in [0, 0.1) is 0 Å². The van der Waals surface area contributed by atoms with E-state index in [0.29, 0.717) is 13.1 Å². The molecule has 2 aromatic carbocycles. The number of piperazine rings is 1. The third-order valence-electron chi connectivity index (χ3n) is 4.70. The maximum absolute atomic E-state index is 12.5. The zero-order valence-electron chi connectivity index (χ0n) is 15.2. The Morgan fingerprint density at radius 2 is 1.81 bits per heavy atom. The van der Waals surface area contributed by atoms with E-state index in [4.69, 9.17) is 4.74 Å². The molecule has 27 heavy (non-hydrogen) atoms. The van der Waals surface area contributed by atoms with Crippen molar-refractivity contribution < 1.29 is 9.53 Å². The van der Waals surface area contributed by atoms with Crippen molar-refractivity contribution >= 4 is 39.2 Å². The van der Waals surface area contributed by atoms with Crippen molar-refractivity contribution in [2.45, 2.75) is 0 Å². The quantitative estimate of drug-likeness (QED) is 0.649. The van der Waals surface area contributed by atoms with Gasteiger partial charge in [0.2, 0.25) is 5.91 Å². The summed E-state index contributed by atoms with van der Waals surface area (Å²) in [5.41, 5.74) is 2.05. The number of carbonyl (C=O) groups excluding carboxylic acids is 1. The van der Waals surface area contributed by atoms with Gasteiger partial charge in [-0.15, -0.1) is 11.3 Å². The summed E-state index contributed by atoms with van der Waals surface area (Å²) in [4.78, 5) is 21.2. The lowest BCUT2D eigenvalue weighted by molar-refractivity contribution is -0.126. The highest BCUT2D eigenvalue weighted by molar-refractivity contribution is 7.19. The number of benzene rings is 2. The number of aromatic nitrogens is 1. The number of anilines is 1. The van der Waals surface area contributed by atoms with E-state index in [-0.39, 0.29) is 5.91 Å². The predicted octanol–water partition coefficient (Wildman–Crippen LogP) is 3.67. The molecule has 6 heteroatoms. The number of fused-ring (bicyclic) bond motifs is 1. The third kappa shape index (κ3) is 3.80. The lowest BCUT2D eigenvalue weighted by Gasteiger charge is -2.36. The highest BCUT2D eigenvalue weighted by atomic mass is 32.1. The highest BCUT2D eigenvalue weighted by Crippen LogP contribution is 2.28. The molecular weight excluding hydrogens is 358 g/mol. The second-order valence-corrected chi connectivity index (χ2v) is 7.40. The van der Waals surface area contributed by atoms with E-state index in [1.54, 1.807) is 24.5 Å². The van der Waals surface area contributed by atoms with E-state index in [2.05, 4.69) is 16.0 Å². The Labute approximate surface area is 162 Å².